The third kappa shape index (κ3) is 8.53. The summed E-state index contributed by atoms with van der Waals surface area (Å²) >= 11 is 1.37. The lowest BCUT2D eigenvalue weighted by molar-refractivity contribution is 0.267. The summed E-state index contributed by atoms with van der Waals surface area (Å²) in [6.07, 6.45) is 15.9. The van der Waals surface area contributed by atoms with Gasteiger partial charge < -0.3 is 5.73 Å². The van der Waals surface area contributed by atoms with Crippen LogP contribution in [0.3, 0.4) is 0 Å². The summed E-state index contributed by atoms with van der Waals surface area (Å²) < 4.78 is 0. The Morgan fingerprint density at radius 2 is 1.12 bits per heavy atom. The smallest absolute Gasteiger partial charge is 0.276 e. The number of amides is 1. The van der Waals surface area contributed by atoms with Crippen LogP contribution in [0.25, 0.3) is 0 Å². The molecule has 2 nitrogen and oxygen atoms in total. The van der Waals surface area contributed by atoms with Crippen molar-refractivity contribution in [3.8, 4) is 0 Å². The maximum absolute atomic E-state index is 11.0. The van der Waals surface area contributed by atoms with Gasteiger partial charge in [-0.3, -0.25) is 4.79 Å². The van der Waals surface area contributed by atoms with Gasteiger partial charge in [-0.05, 0) is 12.8 Å². The average molecular weight is 257 g/mol. The predicted octanol–water partition coefficient (Wildman–Crippen LogP) is 4.86. The van der Waals surface area contributed by atoms with E-state index in [2.05, 4.69) is 0 Å². The molecule has 0 aromatic carbocycles. The summed E-state index contributed by atoms with van der Waals surface area (Å²) in [6, 6.07) is 0. The van der Waals surface area contributed by atoms with Crippen LogP contribution in [0, 0.1) is 0 Å². The number of primary amides is 1. The third-order valence-electron chi connectivity index (χ3n) is 3.59. The molecule has 1 aliphatic carbocycles. The first-order valence-electron chi connectivity index (χ1n) is 7.25. The minimum Gasteiger partial charge on any atom is -0.361 e. The van der Waals surface area contributed by atoms with Gasteiger partial charge >= 0.3 is 0 Å². The van der Waals surface area contributed by atoms with Gasteiger partial charge in [0.1, 0.15) is 0 Å². The molecule has 0 heterocycles. The topological polar surface area (TPSA) is 43.1 Å². The van der Waals surface area contributed by atoms with Crippen molar-refractivity contribution in [1.82, 2.24) is 0 Å². The van der Waals surface area contributed by atoms with Gasteiger partial charge in [-0.2, -0.15) is 0 Å². The molecular weight excluding hydrogens is 230 g/mol. The quantitative estimate of drug-likeness (QED) is 0.729. The molecule has 1 saturated carbocycles. The monoisotopic (exact) mass is 257 g/mol. The summed E-state index contributed by atoms with van der Waals surface area (Å²) in [5.41, 5.74) is 5.29. The number of thioether (sulfide) groups is 1. The Labute approximate surface area is 110 Å². The molecule has 0 unspecified atom stereocenters. The molecule has 1 amide bonds. The fourth-order valence-corrected chi connectivity index (χ4v) is 3.48. The first-order valence-corrected chi connectivity index (χ1v) is 8.13. The van der Waals surface area contributed by atoms with E-state index in [1.165, 1.54) is 88.8 Å². The van der Waals surface area contributed by atoms with Gasteiger partial charge in [-0.15, -0.1) is 0 Å². The van der Waals surface area contributed by atoms with Crippen molar-refractivity contribution in [1.29, 1.82) is 0 Å². The van der Waals surface area contributed by atoms with Gasteiger partial charge in [0.05, 0.1) is 0 Å². The number of hydrogen-bond donors (Lipinski definition) is 1. The molecule has 0 bridgehead atoms. The van der Waals surface area contributed by atoms with Crippen molar-refractivity contribution in [2.24, 2.45) is 5.73 Å². The highest BCUT2D eigenvalue weighted by molar-refractivity contribution is 8.14. The van der Waals surface area contributed by atoms with Crippen LogP contribution in [-0.4, -0.2) is 10.5 Å². The van der Waals surface area contributed by atoms with Crippen molar-refractivity contribution in [2.45, 2.75) is 82.3 Å². The highest BCUT2D eigenvalue weighted by atomic mass is 32.2. The zero-order valence-electron chi connectivity index (χ0n) is 11.0. The second-order valence-corrected chi connectivity index (χ2v) is 6.48. The number of nitrogens with two attached hydrogens (primary N) is 1. The molecule has 0 aromatic heterocycles. The largest absolute Gasteiger partial charge is 0.361 e. The standard InChI is InChI=1S/C14H27NOS/c15-14(16)17-13-11-9-7-5-3-1-2-4-6-8-10-12-13/h13H,1-12H2,(H2,15,16). The Morgan fingerprint density at radius 3 is 1.47 bits per heavy atom. The molecule has 0 spiro atoms. The molecule has 2 N–H and O–H groups in total. The van der Waals surface area contributed by atoms with E-state index < -0.39 is 0 Å². The summed E-state index contributed by atoms with van der Waals surface area (Å²) in [5, 5.41) is 0.285. The van der Waals surface area contributed by atoms with E-state index >= 15 is 0 Å². The maximum atomic E-state index is 11.0. The van der Waals surface area contributed by atoms with Gasteiger partial charge in [0.2, 0.25) is 0 Å². The summed E-state index contributed by atoms with van der Waals surface area (Å²) in [6.45, 7) is 0. The zero-order chi connectivity index (χ0) is 12.3. The molecular formula is C14H27NOS. The molecule has 3 heteroatoms. The zero-order valence-corrected chi connectivity index (χ0v) is 11.8. The number of hydrogen-bond acceptors (Lipinski definition) is 2. The van der Waals surface area contributed by atoms with Crippen LogP contribution in [0.4, 0.5) is 4.79 Å². The first kappa shape index (κ1) is 14.9. The van der Waals surface area contributed by atoms with E-state index in [1.807, 2.05) is 0 Å². The average Bonchev–Trinajstić information content (AvgIpc) is 2.30. The molecule has 1 fully saturated rings. The lowest BCUT2D eigenvalue weighted by atomic mass is 10.1. The second kappa shape index (κ2) is 9.81. The molecule has 1 rings (SSSR count). The summed E-state index contributed by atoms with van der Waals surface area (Å²) in [4.78, 5) is 11.0. The van der Waals surface area contributed by atoms with Crippen LogP contribution in [-0.2, 0) is 0 Å². The highest BCUT2D eigenvalue weighted by Gasteiger charge is 2.12. The highest BCUT2D eigenvalue weighted by Crippen LogP contribution is 2.25. The van der Waals surface area contributed by atoms with Crippen LogP contribution in [0.2, 0.25) is 0 Å². The Kier molecular flexibility index (Phi) is 8.59. The summed E-state index contributed by atoms with van der Waals surface area (Å²) in [7, 11) is 0. The Morgan fingerprint density at radius 1 is 0.765 bits per heavy atom. The Balaban J connectivity index is 2.28. The normalized spacial score (nSPS) is 22.1. The van der Waals surface area contributed by atoms with Crippen molar-refractivity contribution in [3.05, 3.63) is 0 Å². The third-order valence-corrected chi connectivity index (χ3v) is 4.62. The number of rotatable bonds is 1. The summed E-state index contributed by atoms with van der Waals surface area (Å²) in [5.74, 6) is 0. The molecule has 1 aliphatic rings. The van der Waals surface area contributed by atoms with E-state index in [1.54, 1.807) is 0 Å². The molecule has 0 atom stereocenters. The minimum absolute atomic E-state index is 0.195. The molecule has 0 aliphatic heterocycles. The van der Waals surface area contributed by atoms with Crippen molar-refractivity contribution in [3.63, 3.8) is 0 Å². The first-order chi connectivity index (χ1) is 8.29. The lowest BCUT2D eigenvalue weighted by Gasteiger charge is -2.14. The Bertz CT molecular complexity index is 194. The number of carbonyl (C=O) groups is 1. The van der Waals surface area contributed by atoms with Crippen LogP contribution >= 0.6 is 11.8 Å². The molecule has 100 valence electrons. The minimum atomic E-state index is -0.195. The van der Waals surface area contributed by atoms with E-state index in [9.17, 15) is 4.79 Å². The van der Waals surface area contributed by atoms with Gasteiger partial charge in [0.15, 0.2) is 0 Å². The van der Waals surface area contributed by atoms with Crippen molar-refractivity contribution >= 4 is 17.0 Å². The van der Waals surface area contributed by atoms with E-state index in [-0.39, 0.29) is 5.24 Å². The van der Waals surface area contributed by atoms with Gasteiger partial charge in [-0.1, -0.05) is 76.0 Å². The van der Waals surface area contributed by atoms with Crippen LogP contribution in [0.5, 0.6) is 0 Å². The SMILES string of the molecule is NC(=O)SC1CCCCCCCCCCCC1. The molecule has 0 radical (unpaired) electrons. The molecule has 0 aromatic rings. The van der Waals surface area contributed by atoms with Crippen LogP contribution < -0.4 is 5.73 Å². The fraction of sp³-hybridized carbons (Fsp3) is 0.929. The molecule has 0 saturated heterocycles. The van der Waals surface area contributed by atoms with Gasteiger partial charge in [0, 0.05) is 5.25 Å². The Hall–Kier alpha value is -0.180. The lowest BCUT2D eigenvalue weighted by Crippen LogP contribution is -2.12. The van der Waals surface area contributed by atoms with Crippen molar-refractivity contribution < 1.29 is 4.79 Å². The number of carbonyl (C=O) groups excluding carboxylic acids is 1. The van der Waals surface area contributed by atoms with Gasteiger partial charge in [0.25, 0.3) is 5.24 Å². The van der Waals surface area contributed by atoms with E-state index in [0.29, 0.717) is 5.25 Å². The van der Waals surface area contributed by atoms with E-state index in [4.69, 9.17) is 5.73 Å². The van der Waals surface area contributed by atoms with E-state index in [0.717, 1.165) is 0 Å². The maximum Gasteiger partial charge on any atom is 0.276 e. The fourth-order valence-electron chi connectivity index (χ4n) is 2.58. The van der Waals surface area contributed by atoms with Crippen LogP contribution in [0.15, 0.2) is 0 Å². The van der Waals surface area contributed by atoms with Gasteiger partial charge in [-0.25, -0.2) is 0 Å². The molecule has 17 heavy (non-hydrogen) atoms. The van der Waals surface area contributed by atoms with Crippen molar-refractivity contribution in [2.75, 3.05) is 0 Å². The predicted molar refractivity (Wildman–Crippen MR) is 76.4 cm³/mol. The van der Waals surface area contributed by atoms with Crippen LogP contribution in [0.1, 0.15) is 77.0 Å². The second-order valence-electron chi connectivity index (χ2n) is 5.17.